The molecule has 1 aliphatic carbocycles. The van der Waals surface area contributed by atoms with Gasteiger partial charge in [0.1, 0.15) is 5.75 Å². The predicted octanol–water partition coefficient (Wildman–Crippen LogP) is 2.26. The van der Waals surface area contributed by atoms with Gasteiger partial charge in [-0.3, -0.25) is 4.98 Å². The minimum Gasteiger partial charge on any atom is -0.492 e. The van der Waals surface area contributed by atoms with Gasteiger partial charge in [0.25, 0.3) is 0 Å². The molecule has 0 aliphatic heterocycles. The first kappa shape index (κ1) is 7.59. The molecule has 1 saturated carbocycles. The third-order valence-electron chi connectivity index (χ3n) is 2.34. The normalized spacial score (nSPS) is 17.0. The third kappa shape index (κ3) is 1.76. The van der Waals surface area contributed by atoms with E-state index in [2.05, 4.69) is 4.98 Å². The van der Waals surface area contributed by atoms with Gasteiger partial charge < -0.3 is 4.74 Å². The first-order valence-corrected chi connectivity index (χ1v) is 4.48. The van der Waals surface area contributed by atoms with Crippen molar-refractivity contribution in [1.29, 1.82) is 0 Å². The maximum Gasteiger partial charge on any atom is 0.137 e. The molecule has 0 N–H and O–H groups in total. The molecule has 2 nitrogen and oxygen atoms in total. The molecule has 0 amide bonds. The SMILES string of the molecule is c1cncc(OCC2CCC2)c1. The van der Waals surface area contributed by atoms with E-state index in [-0.39, 0.29) is 0 Å². The molecule has 0 atom stereocenters. The summed E-state index contributed by atoms with van der Waals surface area (Å²) in [4.78, 5) is 3.98. The van der Waals surface area contributed by atoms with Gasteiger partial charge in [0.05, 0.1) is 12.8 Å². The van der Waals surface area contributed by atoms with Gasteiger partial charge in [-0.15, -0.1) is 0 Å². The van der Waals surface area contributed by atoms with Gasteiger partial charge >= 0.3 is 0 Å². The van der Waals surface area contributed by atoms with E-state index in [0.29, 0.717) is 0 Å². The highest BCUT2D eigenvalue weighted by Gasteiger charge is 2.17. The molecule has 0 saturated heterocycles. The number of hydrogen-bond donors (Lipinski definition) is 0. The van der Waals surface area contributed by atoms with Crippen molar-refractivity contribution in [3.63, 3.8) is 0 Å². The number of ether oxygens (including phenoxy) is 1. The number of pyridine rings is 1. The van der Waals surface area contributed by atoms with Crippen molar-refractivity contribution >= 4 is 0 Å². The lowest BCUT2D eigenvalue weighted by molar-refractivity contribution is 0.180. The highest BCUT2D eigenvalue weighted by molar-refractivity contribution is 5.15. The van der Waals surface area contributed by atoms with Crippen molar-refractivity contribution in [3.05, 3.63) is 24.5 Å². The van der Waals surface area contributed by atoms with Crippen LogP contribution in [0, 0.1) is 5.92 Å². The average Bonchev–Trinajstić information content (AvgIpc) is 2.04. The average molecular weight is 163 g/mol. The molecule has 0 unspecified atom stereocenters. The Hall–Kier alpha value is -1.05. The Kier molecular flexibility index (Phi) is 2.26. The summed E-state index contributed by atoms with van der Waals surface area (Å²) >= 11 is 0. The van der Waals surface area contributed by atoms with Gasteiger partial charge in [0, 0.05) is 6.20 Å². The van der Waals surface area contributed by atoms with Crippen molar-refractivity contribution in [1.82, 2.24) is 4.98 Å². The highest BCUT2D eigenvalue weighted by atomic mass is 16.5. The molecule has 0 aromatic carbocycles. The quantitative estimate of drug-likeness (QED) is 0.681. The highest BCUT2D eigenvalue weighted by Crippen LogP contribution is 2.26. The van der Waals surface area contributed by atoms with Gasteiger partial charge in [0.2, 0.25) is 0 Å². The zero-order valence-electron chi connectivity index (χ0n) is 7.07. The van der Waals surface area contributed by atoms with E-state index in [1.165, 1.54) is 19.3 Å². The molecule has 1 aliphatic rings. The van der Waals surface area contributed by atoms with Crippen LogP contribution in [0.3, 0.4) is 0 Å². The zero-order chi connectivity index (χ0) is 8.23. The standard InChI is InChI=1S/C10H13NO/c1-3-9(4-1)8-12-10-5-2-6-11-7-10/h2,5-7,9H,1,3-4,8H2. The van der Waals surface area contributed by atoms with Crippen LogP contribution >= 0.6 is 0 Å². The Labute approximate surface area is 72.6 Å². The number of aromatic nitrogens is 1. The van der Waals surface area contributed by atoms with Crippen LogP contribution in [0.1, 0.15) is 19.3 Å². The molecule has 1 fully saturated rings. The summed E-state index contributed by atoms with van der Waals surface area (Å²) in [6.07, 6.45) is 7.57. The summed E-state index contributed by atoms with van der Waals surface area (Å²) < 4.78 is 5.55. The minimum atomic E-state index is 0.796. The fourth-order valence-corrected chi connectivity index (χ4v) is 1.31. The summed E-state index contributed by atoms with van der Waals surface area (Å²) in [5, 5.41) is 0. The van der Waals surface area contributed by atoms with E-state index in [4.69, 9.17) is 4.74 Å². The molecule has 1 aromatic rings. The lowest BCUT2D eigenvalue weighted by Gasteiger charge is -2.24. The molecule has 0 bridgehead atoms. The van der Waals surface area contributed by atoms with Gasteiger partial charge in [-0.25, -0.2) is 0 Å². The van der Waals surface area contributed by atoms with E-state index in [9.17, 15) is 0 Å². The number of rotatable bonds is 3. The van der Waals surface area contributed by atoms with Gasteiger partial charge in [-0.05, 0) is 30.9 Å². The van der Waals surface area contributed by atoms with Crippen LogP contribution in [0.2, 0.25) is 0 Å². The second-order valence-corrected chi connectivity index (χ2v) is 3.30. The Morgan fingerprint density at radius 2 is 2.42 bits per heavy atom. The molecular formula is C10H13NO. The first-order chi connectivity index (χ1) is 5.95. The van der Waals surface area contributed by atoms with Gasteiger partial charge in [0.15, 0.2) is 0 Å². The summed E-state index contributed by atoms with van der Waals surface area (Å²) in [7, 11) is 0. The molecule has 1 heterocycles. The molecule has 1 aromatic heterocycles. The smallest absolute Gasteiger partial charge is 0.137 e. The Morgan fingerprint density at radius 3 is 3.00 bits per heavy atom. The Morgan fingerprint density at radius 1 is 1.50 bits per heavy atom. The van der Waals surface area contributed by atoms with E-state index in [0.717, 1.165) is 18.3 Å². The molecule has 2 heteroatoms. The lowest BCUT2D eigenvalue weighted by Crippen LogP contribution is -2.19. The third-order valence-corrected chi connectivity index (χ3v) is 2.34. The van der Waals surface area contributed by atoms with Crippen molar-refractivity contribution in [2.75, 3.05) is 6.61 Å². The fraction of sp³-hybridized carbons (Fsp3) is 0.500. The van der Waals surface area contributed by atoms with Crippen LogP contribution in [0.4, 0.5) is 0 Å². The van der Waals surface area contributed by atoms with Crippen LogP contribution in [0.15, 0.2) is 24.5 Å². The van der Waals surface area contributed by atoms with Crippen molar-refractivity contribution in [2.24, 2.45) is 5.92 Å². The monoisotopic (exact) mass is 163 g/mol. The Balaban J connectivity index is 1.79. The Bertz CT molecular complexity index is 231. The summed E-state index contributed by atoms with van der Waals surface area (Å²) in [6, 6.07) is 3.85. The van der Waals surface area contributed by atoms with Crippen LogP contribution in [0.25, 0.3) is 0 Å². The predicted molar refractivity (Wildman–Crippen MR) is 47.1 cm³/mol. The van der Waals surface area contributed by atoms with Crippen molar-refractivity contribution in [3.8, 4) is 5.75 Å². The van der Waals surface area contributed by atoms with Crippen LogP contribution in [0.5, 0.6) is 5.75 Å². The second kappa shape index (κ2) is 3.57. The molecule has 2 rings (SSSR count). The maximum atomic E-state index is 5.55. The number of hydrogen-bond acceptors (Lipinski definition) is 2. The zero-order valence-corrected chi connectivity index (χ0v) is 7.07. The first-order valence-electron chi connectivity index (χ1n) is 4.48. The van der Waals surface area contributed by atoms with E-state index in [1.807, 2.05) is 12.1 Å². The molecule has 12 heavy (non-hydrogen) atoms. The summed E-state index contributed by atoms with van der Waals surface area (Å²) in [6.45, 7) is 0.867. The maximum absolute atomic E-state index is 5.55. The lowest BCUT2D eigenvalue weighted by atomic mass is 9.86. The summed E-state index contributed by atoms with van der Waals surface area (Å²) in [5.41, 5.74) is 0. The van der Waals surface area contributed by atoms with Crippen molar-refractivity contribution < 1.29 is 4.74 Å². The molecule has 0 radical (unpaired) electrons. The molecule has 0 spiro atoms. The topological polar surface area (TPSA) is 22.1 Å². The van der Waals surface area contributed by atoms with Crippen LogP contribution in [-0.2, 0) is 0 Å². The largest absolute Gasteiger partial charge is 0.492 e. The number of nitrogens with zero attached hydrogens (tertiary/aromatic N) is 1. The fourth-order valence-electron chi connectivity index (χ4n) is 1.31. The van der Waals surface area contributed by atoms with Crippen LogP contribution < -0.4 is 4.74 Å². The van der Waals surface area contributed by atoms with Gasteiger partial charge in [-0.2, -0.15) is 0 Å². The molecular weight excluding hydrogens is 150 g/mol. The molecule has 64 valence electrons. The van der Waals surface area contributed by atoms with E-state index in [1.54, 1.807) is 12.4 Å². The second-order valence-electron chi connectivity index (χ2n) is 3.30. The van der Waals surface area contributed by atoms with Gasteiger partial charge in [-0.1, -0.05) is 6.42 Å². The van der Waals surface area contributed by atoms with E-state index >= 15 is 0 Å². The minimum absolute atomic E-state index is 0.796. The van der Waals surface area contributed by atoms with Crippen LogP contribution in [-0.4, -0.2) is 11.6 Å². The van der Waals surface area contributed by atoms with Crippen molar-refractivity contribution in [2.45, 2.75) is 19.3 Å². The summed E-state index contributed by atoms with van der Waals surface area (Å²) in [5.74, 6) is 1.69. The van der Waals surface area contributed by atoms with E-state index < -0.39 is 0 Å².